The number of nitrogens with zero attached hydrogens (tertiary/aromatic N) is 4. The first-order chi connectivity index (χ1) is 16.3. The van der Waals surface area contributed by atoms with Gasteiger partial charge >= 0.3 is 6.18 Å². The minimum atomic E-state index is -4.62. The Hall–Kier alpha value is -2.77. The summed E-state index contributed by atoms with van der Waals surface area (Å²) in [6.45, 7) is 1.99. The number of carbonyl (C=O) groups excluding carboxylic acids is 1. The van der Waals surface area contributed by atoms with Crippen LogP contribution < -0.4 is 4.90 Å². The molecule has 4 rings (SSSR count). The maximum Gasteiger partial charge on any atom is 0.417 e. The summed E-state index contributed by atoms with van der Waals surface area (Å²) in [6.07, 6.45) is 0.119. The molecule has 0 saturated carbocycles. The molecule has 2 aliphatic rings. The highest BCUT2D eigenvalue weighted by Crippen LogP contribution is 2.46. The fourth-order valence-corrected chi connectivity index (χ4v) is 5.77. The summed E-state index contributed by atoms with van der Waals surface area (Å²) >= 11 is 1.46. The maximum atomic E-state index is 13.4. The minimum Gasteiger partial charge on any atom is -0.396 e. The van der Waals surface area contributed by atoms with Gasteiger partial charge in [-0.05, 0) is 48.6 Å². The number of hydrogen-bond donors (Lipinski definition) is 1. The number of halogens is 3. The standard InChI is InChI=1S/C24H25F3N4O2S/c25-24(26,27)21-11-19(2-1-17(21)12-28)31-13-18(14-32)23(16-31)5-9-30(10-6-23)22(33)15-34-20-3-7-29-8-4-20/h1-4,7-8,11,18,32H,5-6,9-10,13-16H2. The predicted octanol–water partition coefficient (Wildman–Crippen LogP) is 3.80. The van der Waals surface area contributed by atoms with Crippen LogP contribution >= 0.6 is 11.8 Å². The molecule has 1 amide bonds. The van der Waals surface area contributed by atoms with Crippen molar-refractivity contribution in [3.05, 3.63) is 53.9 Å². The number of benzene rings is 1. The molecule has 0 bridgehead atoms. The Morgan fingerprint density at radius 3 is 2.56 bits per heavy atom. The summed E-state index contributed by atoms with van der Waals surface area (Å²) in [5.74, 6) is 0.285. The van der Waals surface area contributed by atoms with Crippen LogP contribution in [0.4, 0.5) is 18.9 Å². The summed E-state index contributed by atoms with van der Waals surface area (Å²) in [4.78, 5) is 21.3. The second-order valence-corrected chi connectivity index (χ2v) is 9.86. The number of aliphatic hydroxyl groups excluding tert-OH is 1. The lowest BCUT2D eigenvalue weighted by Gasteiger charge is -2.42. The number of aromatic nitrogens is 1. The summed E-state index contributed by atoms with van der Waals surface area (Å²) in [5, 5.41) is 19.1. The molecule has 1 unspecified atom stereocenters. The van der Waals surface area contributed by atoms with Gasteiger partial charge in [0.1, 0.15) is 0 Å². The van der Waals surface area contributed by atoms with E-state index in [1.165, 1.54) is 23.9 Å². The smallest absolute Gasteiger partial charge is 0.396 e. The second kappa shape index (κ2) is 9.84. The van der Waals surface area contributed by atoms with Crippen molar-refractivity contribution < 1.29 is 23.1 Å². The lowest BCUT2D eigenvalue weighted by molar-refractivity contribution is -0.137. The summed E-state index contributed by atoms with van der Waals surface area (Å²) < 4.78 is 40.3. The van der Waals surface area contributed by atoms with Crippen molar-refractivity contribution in [2.75, 3.05) is 43.4 Å². The first-order valence-electron chi connectivity index (χ1n) is 11.0. The molecule has 1 aromatic heterocycles. The Labute approximate surface area is 200 Å². The molecule has 6 nitrogen and oxygen atoms in total. The van der Waals surface area contributed by atoms with Crippen LogP contribution in [0, 0.1) is 22.7 Å². The number of likely N-dealkylation sites (tertiary alicyclic amines) is 1. The van der Waals surface area contributed by atoms with Gasteiger partial charge in [0, 0.05) is 61.7 Å². The number of carbonyl (C=O) groups is 1. The number of nitriles is 1. The molecule has 1 atom stereocenters. The monoisotopic (exact) mass is 490 g/mol. The van der Waals surface area contributed by atoms with Crippen molar-refractivity contribution >= 4 is 23.4 Å². The Morgan fingerprint density at radius 1 is 1.24 bits per heavy atom. The van der Waals surface area contributed by atoms with Crippen LogP contribution in [0.5, 0.6) is 0 Å². The van der Waals surface area contributed by atoms with Crippen LogP contribution in [0.1, 0.15) is 24.0 Å². The van der Waals surface area contributed by atoms with Gasteiger partial charge in [-0.25, -0.2) is 0 Å². The molecular formula is C24H25F3N4O2S. The Morgan fingerprint density at radius 2 is 1.94 bits per heavy atom. The van der Waals surface area contributed by atoms with E-state index in [4.69, 9.17) is 5.26 Å². The molecule has 1 spiro atoms. The van der Waals surface area contributed by atoms with E-state index in [0.29, 0.717) is 50.5 Å². The van der Waals surface area contributed by atoms with Gasteiger partial charge in [-0.3, -0.25) is 9.78 Å². The van der Waals surface area contributed by atoms with Gasteiger partial charge < -0.3 is 14.9 Å². The molecule has 34 heavy (non-hydrogen) atoms. The fourth-order valence-electron chi connectivity index (χ4n) is 4.98. The first-order valence-corrected chi connectivity index (χ1v) is 12.0. The van der Waals surface area contributed by atoms with Crippen molar-refractivity contribution in [3.63, 3.8) is 0 Å². The largest absolute Gasteiger partial charge is 0.417 e. The van der Waals surface area contributed by atoms with Crippen molar-refractivity contribution in [1.29, 1.82) is 5.26 Å². The third kappa shape index (κ3) is 5.00. The molecule has 0 radical (unpaired) electrons. The average molecular weight is 491 g/mol. The molecular weight excluding hydrogens is 465 g/mol. The van der Waals surface area contributed by atoms with E-state index in [1.54, 1.807) is 18.5 Å². The molecule has 1 aromatic carbocycles. The van der Waals surface area contributed by atoms with E-state index in [9.17, 15) is 23.1 Å². The van der Waals surface area contributed by atoms with Crippen molar-refractivity contribution in [2.24, 2.45) is 11.3 Å². The van der Waals surface area contributed by atoms with E-state index in [1.807, 2.05) is 21.9 Å². The quantitative estimate of drug-likeness (QED) is 0.643. The van der Waals surface area contributed by atoms with Crippen LogP contribution in [-0.4, -0.2) is 59.4 Å². The van der Waals surface area contributed by atoms with Gasteiger partial charge in [0.05, 0.1) is 22.9 Å². The average Bonchev–Trinajstić information content (AvgIpc) is 3.20. The second-order valence-electron chi connectivity index (χ2n) is 8.81. The summed E-state index contributed by atoms with van der Waals surface area (Å²) in [7, 11) is 0. The van der Waals surface area contributed by atoms with Gasteiger partial charge in [-0.15, -0.1) is 11.8 Å². The third-order valence-electron chi connectivity index (χ3n) is 6.95. The van der Waals surface area contributed by atoms with E-state index in [-0.39, 0.29) is 23.8 Å². The molecule has 2 aliphatic heterocycles. The molecule has 2 saturated heterocycles. The number of amides is 1. The molecule has 3 heterocycles. The SMILES string of the molecule is N#Cc1ccc(N2CC(CO)C3(CCN(C(=O)CSc4ccncc4)CC3)C2)cc1C(F)(F)F. The molecule has 180 valence electrons. The zero-order valence-electron chi connectivity index (χ0n) is 18.5. The van der Waals surface area contributed by atoms with Crippen LogP contribution in [0.2, 0.25) is 0 Å². The van der Waals surface area contributed by atoms with Gasteiger partial charge in [0.15, 0.2) is 0 Å². The predicted molar refractivity (Wildman–Crippen MR) is 122 cm³/mol. The molecule has 10 heteroatoms. The van der Waals surface area contributed by atoms with Crippen LogP contribution in [0.3, 0.4) is 0 Å². The summed E-state index contributed by atoms with van der Waals surface area (Å²) in [6, 6.07) is 9.10. The van der Waals surface area contributed by atoms with Gasteiger partial charge in [-0.2, -0.15) is 18.4 Å². The number of aliphatic hydroxyl groups is 1. The molecule has 2 fully saturated rings. The van der Waals surface area contributed by atoms with Gasteiger partial charge in [-0.1, -0.05) is 0 Å². The molecule has 2 aromatic rings. The number of piperidine rings is 1. The number of pyridine rings is 1. The highest BCUT2D eigenvalue weighted by Gasteiger charge is 2.48. The molecule has 0 aliphatic carbocycles. The highest BCUT2D eigenvalue weighted by atomic mass is 32.2. The van der Waals surface area contributed by atoms with Crippen molar-refractivity contribution in [1.82, 2.24) is 9.88 Å². The maximum absolute atomic E-state index is 13.4. The van der Waals surface area contributed by atoms with E-state index >= 15 is 0 Å². The van der Waals surface area contributed by atoms with E-state index in [2.05, 4.69) is 4.98 Å². The van der Waals surface area contributed by atoms with E-state index in [0.717, 1.165) is 11.0 Å². The van der Waals surface area contributed by atoms with Crippen LogP contribution in [-0.2, 0) is 11.0 Å². The number of anilines is 1. The third-order valence-corrected chi connectivity index (χ3v) is 7.95. The number of rotatable bonds is 5. The Balaban J connectivity index is 1.42. The number of alkyl halides is 3. The van der Waals surface area contributed by atoms with Gasteiger partial charge in [0.25, 0.3) is 0 Å². The van der Waals surface area contributed by atoms with Gasteiger partial charge in [0.2, 0.25) is 5.91 Å². The Kier molecular flexibility index (Phi) is 7.05. The van der Waals surface area contributed by atoms with Crippen LogP contribution in [0.15, 0.2) is 47.6 Å². The first kappa shape index (κ1) is 24.4. The highest BCUT2D eigenvalue weighted by molar-refractivity contribution is 8.00. The van der Waals surface area contributed by atoms with E-state index < -0.39 is 17.3 Å². The zero-order valence-corrected chi connectivity index (χ0v) is 19.3. The summed E-state index contributed by atoms with van der Waals surface area (Å²) in [5.41, 5.74) is -1.22. The number of thioether (sulfide) groups is 1. The van der Waals surface area contributed by atoms with Crippen molar-refractivity contribution in [2.45, 2.75) is 23.9 Å². The zero-order chi connectivity index (χ0) is 24.3. The van der Waals surface area contributed by atoms with Crippen LogP contribution in [0.25, 0.3) is 0 Å². The molecule has 1 N–H and O–H groups in total. The van der Waals surface area contributed by atoms with Crippen molar-refractivity contribution in [3.8, 4) is 6.07 Å². The fraction of sp³-hybridized carbons (Fsp3) is 0.458. The minimum absolute atomic E-state index is 0.0500. The Bertz CT molecular complexity index is 1070. The lowest BCUT2D eigenvalue weighted by atomic mass is 9.71. The lowest BCUT2D eigenvalue weighted by Crippen LogP contribution is -2.47. The normalized spacial score (nSPS) is 19.9. The number of hydrogen-bond acceptors (Lipinski definition) is 6. The topological polar surface area (TPSA) is 80.5 Å².